The summed E-state index contributed by atoms with van der Waals surface area (Å²) >= 11 is 0. The van der Waals surface area contributed by atoms with E-state index in [4.69, 9.17) is 0 Å². The Morgan fingerprint density at radius 1 is 1.35 bits per heavy atom. The fraction of sp³-hybridized carbons (Fsp3) is 0.692. The lowest BCUT2D eigenvalue weighted by molar-refractivity contribution is 0.742. The van der Waals surface area contributed by atoms with Crippen LogP contribution < -0.4 is 10.2 Å². The summed E-state index contributed by atoms with van der Waals surface area (Å²) in [4.78, 5) is 11.5. The predicted molar refractivity (Wildman–Crippen MR) is 71.6 cm³/mol. The molecule has 1 aliphatic carbocycles. The molecular weight excluding hydrogens is 212 g/mol. The summed E-state index contributed by atoms with van der Waals surface area (Å²) in [5.41, 5.74) is 0. The minimum absolute atomic E-state index is 0.708. The fourth-order valence-corrected chi connectivity index (χ4v) is 2.03. The van der Waals surface area contributed by atoms with Crippen LogP contribution in [-0.2, 0) is 6.42 Å². The number of hydrogen-bond acceptors (Lipinski definition) is 4. The Morgan fingerprint density at radius 3 is 2.65 bits per heavy atom. The Kier molecular flexibility index (Phi) is 3.82. The van der Waals surface area contributed by atoms with Crippen LogP contribution in [0.3, 0.4) is 0 Å². The van der Waals surface area contributed by atoms with E-state index in [0.29, 0.717) is 6.04 Å². The Hall–Kier alpha value is -1.32. The van der Waals surface area contributed by atoms with Crippen molar-refractivity contribution >= 4 is 11.6 Å². The number of nitrogens with one attached hydrogen (secondary N) is 1. The van der Waals surface area contributed by atoms with Crippen molar-refractivity contribution in [3.63, 3.8) is 0 Å². The first kappa shape index (κ1) is 12.1. The van der Waals surface area contributed by atoms with Gasteiger partial charge in [0.15, 0.2) is 0 Å². The topological polar surface area (TPSA) is 41.0 Å². The summed E-state index contributed by atoms with van der Waals surface area (Å²) in [6.07, 6.45) is 4.66. The van der Waals surface area contributed by atoms with Crippen molar-refractivity contribution in [2.45, 2.75) is 45.6 Å². The fourth-order valence-electron chi connectivity index (χ4n) is 2.03. The molecule has 0 aliphatic heterocycles. The number of aromatic nitrogens is 2. The number of anilines is 2. The van der Waals surface area contributed by atoms with E-state index in [1.165, 1.54) is 12.8 Å². The second-order valence-corrected chi connectivity index (χ2v) is 4.56. The molecule has 0 atom stereocenters. The molecule has 0 amide bonds. The van der Waals surface area contributed by atoms with Crippen molar-refractivity contribution in [3.05, 3.63) is 11.9 Å². The van der Waals surface area contributed by atoms with E-state index in [0.717, 1.165) is 36.8 Å². The highest BCUT2D eigenvalue weighted by atomic mass is 15.2. The molecule has 0 aromatic carbocycles. The monoisotopic (exact) mass is 234 g/mol. The Morgan fingerprint density at radius 2 is 2.12 bits per heavy atom. The average molecular weight is 234 g/mol. The minimum Gasteiger partial charge on any atom is -0.373 e. The van der Waals surface area contributed by atoms with Crippen LogP contribution in [0, 0.1) is 0 Å². The predicted octanol–water partition coefficient (Wildman–Crippen LogP) is 2.46. The molecule has 17 heavy (non-hydrogen) atoms. The molecule has 0 spiro atoms. The number of hydrogen-bond donors (Lipinski definition) is 1. The van der Waals surface area contributed by atoms with Crippen molar-refractivity contribution in [3.8, 4) is 0 Å². The van der Waals surface area contributed by atoms with E-state index >= 15 is 0 Å². The lowest BCUT2D eigenvalue weighted by atomic mass is 10.3. The maximum atomic E-state index is 4.65. The quantitative estimate of drug-likeness (QED) is 0.821. The van der Waals surface area contributed by atoms with Crippen LogP contribution in [0.25, 0.3) is 0 Å². The van der Waals surface area contributed by atoms with Gasteiger partial charge < -0.3 is 10.2 Å². The normalized spacial score (nSPS) is 14.8. The molecule has 4 nitrogen and oxygen atoms in total. The van der Waals surface area contributed by atoms with Gasteiger partial charge in [0.05, 0.1) is 0 Å². The average Bonchev–Trinajstić information content (AvgIpc) is 3.19. The van der Waals surface area contributed by atoms with Crippen LogP contribution in [0.2, 0.25) is 0 Å². The van der Waals surface area contributed by atoms with Crippen molar-refractivity contribution in [2.75, 3.05) is 23.8 Å². The van der Waals surface area contributed by atoms with Crippen molar-refractivity contribution in [2.24, 2.45) is 0 Å². The van der Waals surface area contributed by atoms with Crippen LogP contribution in [0.4, 0.5) is 11.6 Å². The second-order valence-electron chi connectivity index (χ2n) is 4.56. The van der Waals surface area contributed by atoms with Crippen LogP contribution >= 0.6 is 0 Å². The Labute approximate surface area is 103 Å². The van der Waals surface area contributed by atoms with Gasteiger partial charge in [-0.15, -0.1) is 0 Å². The Bertz CT molecular complexity index is 351. The maximum absolute atomic E-state index is 4.65. The van der Waals surface area contributed by atoms with Gasteiger partial charge in [0.1, 0.15) is 17.5 Å². The first-order valence-corrected chi connectivity index (χ1v) is 6.60. The van der Waals surface area contributed by atoms with Crippen LogP contribution in [0.5, 0.6) is 0 Å². The summed E-state index contributed by atoms with van der Waals surface area (Å²) in [6.45, 7) is 5.41. The number of rotatable bonds is 6. The molecule has 1 saturated carbocycles. The summed E-state index contributed by atoms with van der Waals surface area (Å²) in [5.74, 6) is 2.94. The SMILES string of the molecule is CCCN(c1cc(NC)nc(CC)n1)C1CC1. The highest BCUT2D eigenvalue weighted by molar-refractivity contribution is 5.50. The van der Waals surface area contributed by atoms with Gasteiger partial charge in [-0.25, -0.2) is 9.97 Å². The lowest BCUT2D eigenvalue weighted by Crippen LogP contribution is -2.28. The van der Waals surface area contributed by atoms with Crippen molar-refractivity contribution in [1.82, 2.24) is 9.97 Å². The minimum atomic E-state index is 0.708. The molecule has 0 unspecified atom stereocenters. The first-order chi connectivity index (χ1) is 8.28. The number of aryl methyl sites for hydroxylation is 1. The van der Waals surface area contributed by atoms with Crippen molar-refractivity contribution in [1.29, 1.82) is 0 Å². The van der Waals surface area contributed by atoms with Crippen molar-refractivity contribution < 1.29 is 0 Å². The molecule has 0 saturated heterocycles. The third-order valence-corrected chi connectivity index (χ3v) is 3.08. The summed E-state index contributed by atoms with van der Waals surface area (Å²) < 4.78 is 0. The van der Waals surface area contributed by atoms with Crippen LogP contribution in [-0.4, -0.2) is 29.6 Å². The molecule has 1 N–H and O–H groups in total. The first-order valence-electron chi connectivity index (χ1n) is 6.60. The zero-order valence-corrected chi connectivity index (χ0v) is 11.0. The van der Waals surface area contributed by atoms with Gasteiger partial charge in [0, 0.05) is 32.1 Å². The summed E-state index contributed by atoms with van der Waals surface area (Å²) in [5, 5.41) is 3.12. The molecular formula is C13H22N4. The standard InChI is InChI=1S/C13H22N4/c1-4-8-17(10-6-7-10)13-9-12(14-3)15-11(5-2)16-13/h9-10H,4-8H2,1-3H3,(H,14,15,16). The van der Waals surface area contributed by atoms with Gasteiger partial charge in [0.25, 0.3) is 0 Å². The zero-order chi connectivity index (χ0) is 12.3. The summed E-state index contributed by atoms with van der Waals surface area (Å²) in [7, 11) is 1.91. The molecule has 4 heteroatoms. The van der Waals surface area contributed by atoms with Gasteiger partial charge in [0.2, 0.25) is 0 Å². The van der Waals surface area contributed by atoms with Crippen LogP contribution in [0.15, 0.2) is 6.07 Å². The molecule has 1 aliphatic rings. The molecule has 94 valence electrons. The Balaban J connectivity index is 2.27. The van der Waals surface area contributed by atoms with E-state index in [1.807, 2.05) is 7.05 Å². The van der Waals surface area contributed by atoms with Gasteiger partial charge in [-0.3, -0.25) is 0 Å². The largest absolute Gasteiger partial charge is 0.373 e. The summed E-state index contributed by atoms with van der Waals surface area (Å²) in [6, 6.07) is 2.77. The van der Waals surface area contributed by atoms with Gasteiger partial charge >= 0.3 is 0 Å². The molecule has 1 aromatic heterocycles. The zero-order valence-electron chi connectivity index (χ0n) is 11.0. The van der Waals surface area contributed by atoms with E-state index in [2.05, 4.69) is 40.1 Å². The molecule has 1 aromatic rings. The van der Waals surface area contributed by atoms with E-state index in [1.54, 1.807) is 0 Å². The lowest BCUT2D eigenvalue weighted by Gasteiger charge is -2.23. The number of nitrogens with zero attached hydrogens (tertiary/aromatic N) is 3. The molecule has 1 fully saturated rings. The molecule has 1 heterocycles. The van der Waals surface area contributed by atoms with Gasteiger partial charge in [-0.05, 0) is 19.3 Å². The third-order valence-electron chi connectivity index (χ3n) is 3.08. The molecule has 0 bridgehead atoms. The second kappa shape index (κ2) is 5.34. The van der Waals surface area contributed by atoms with E-state index in [9.17, 15) is 0 Å². The van der Waals surface area contributed by atoms with Gasteiger partial charge in [-0.2, -0.15) is 0 Å². The smallest absolute Gasteiger partial charge is 0.134 e. The maximum Gasteiger partial charge on any atom is 0.134 e. The highest BCUT2D eigenvalue weighted by Gasteiger charge is 2.29. The molecule has 2 rings (SSSR count). The van der Waals surface area contributed by atoms with E-state index in [-0.39, 0.29) is 0 Å². The van der Waals surface area contributed by atoms with Crippen LogP contribution in [0.1, 0.15) is 38.9 Å². The molecule has 0 radical (unpaired) electrons. The highest BCUT2D eigenvalue weighted by Crippen LogP contribution is 2.31. The van der Waals surface area contributed by atoms with E-state index < -0.39 is 0 Å². The third kappa shape index (κ3) is 2.87. The van der Waals surface area contributed by atoms with Gasteiger partial charge in [-0.1, -0.05) is 13.8 Å².